The first-order valence-electron chi connectivity index (χ1n) is 8.79. The second-order valence-electron chi connectivity index (χ2n) is 6.60. The molecule has 0 fully saturated rings. The number of benzene rings is 2. The summed E-state index contributed by atoms with van der Waals surface area (Å²) in [6.07, 6.45) is 0.911. The first-order chi connectivity index (χ1) is 12.7. The zero-order valence-corrected chi connectivity index (χ0v) is 14.7. The van der Waals surface area contributed by atoms with Crippen LogP contribution < -0.4 is 10.1 Å². The third-order valence-electron chi connectivity index (χ3n) is 4.69. The second kappa shape index (κ2) is 7.04. The molecule has 2 aromatic carbocycles. The molecule has 2 heterocycles. The van der Waals surface area contributed by atoms with E-state index in [4.69, 9.17) is 4.74 Å². The fourth-order valence-corrected chi connectivity index (χ4v) is 3.31. The van der Waals surface area contributed by atoms with Crippen LogP contribution in [0.3, 0.4) is 0 Å². The quantitative estimate of drug-likeness (QED) is 0.789. The molecular weight excluding hydrogens is 326 g/mol. The Bertz CT molecular complexity index is 918. The summed E-state index contributed by atoms with van der Waals surface area (Å²) in [6.45, 7) is 1.19. The van der Waals surface area contributed by atoms with Crippen LogP contribution in [0.2, 0.25) is 0 Å². The van der Waals surface area contributed by atoms with Crippen molar-refractivity contribution in [2.75, 3.05) is 13.2 Å². The van der Waals surface area contributed by atoms with Gasteiger partial charge >= 0.3 is 0 Å². The minimum atomic E-state index is -0.151. The summed E-state index contributed by atoms with van der Waals surface area (Å²) in [4.78, 5) is 12.5. The molecule has 4 rings (SSSR count). The van der Waals surface area contributed by atoms with Gasteiger partial charge in [0, 0.05) is 19.5 Å². The first-order valence-corrected chi connectivity index (χ1v) is 8.79. The van der Waals surface area contributed by atoms with Gasteiger partial charge in [0.05, 0.1) is 12.3 Å². The lowest BCUT2D eigenvalue weighted by Crippen LogP contribution is -2.35. The molecule has 132 valence electrons. The molecule has 5 heteroatoms. The molecule has 1 N–H and O–H groups in total. The molecule has 0 saturated heterocycles. The summed E-state index contributed by atoms with van der Waals surface area (Å²) in [6, 6.07) is 19.8. The topological polar surface area (TPSA) is 56.2 Å². The van der Waals surface area contributed by atoms with E-state index in [0.717, 1.165) is 23.4 Å². The minimum Gasteiger partial charge on any atom is -0.493 e. The van der Waals surface area contributed by atoms with Gasteiger partial charge in [0.25, 0.3) is 5.91 Å². The van der Waals surface area contributed by atoms with Crippen molar-refractivity contribution in [1.29, 1.82) is 0 Å². The van der Waals surface area contributed by atoms with E-state index in [-0.39, 0.29) is 11.8 Å². The lowest BCUT2D eigenvalue weighted by molar-refractivity contribution is 0.0933. The van der Waals surface area contributed by atoms with Gasteiger partial charge in [-0.1, -0.05) is 48.5 Å². The van der Waals surface area contributed by atoms with Crippen molar-refractivity contribution in [3.63, 3.8) is 0 Å². The lowest BCUT2D eigenvalue weighted by atomic mass is 9.97. The number of hydrogen-bond donors (Lipinski definition) is 1. The Morgan fingerprint density at radius 2 is 1.96 bits per heavy atom. The Hall–Kier alpha value is -3.08. The van der Waals surface area contributed by atoms with Crippen LogP contribution in [0.15, 0.2) is 60.7 Å². The molecule has 1 aliphatic heterocycles. The Kier molecular flexibility index (Phi) is 4.44. The summed E-state index contributed by atoms with van der Waals surface area (Å²) in [5, 5.41) is 7.36. The number of nitrogens with one attached hydrogen (secondary N) is 1. The van der Waals surface area contributed by atoms with E-state index < -0.39 is 0 Å². The monoisotopic (exact) mass is 347 g/mol. The van der Waals surface area contributed by atoms with E-state index in [0.29, 0.717) is 18.8 Å². The summed E-state index contributed by atoms with van der Waals surface area (Å²) in [7, 11) is 1.85. The van der Waals surface area contributed by atoms with Crippen LogP contribution in [-0.2, 0) is 13.5 Å². The van der Waals surface area contributed by atoms with Crippen molar-refractivity contribution in [2.24, 2.45) is 13.0 Å². The van der Waals surface area contributed by atoms with Gasteiger partial charge in [0.15, 0.2) is 5.69 Å². The highest BCUT2D eigenvalue weighted by molar-refractivity contribution is 5.93. The summed E-state index contributed by atoms with van der Waals surface area (Å²) in [5.74, 6) is 1.07. The van der Waals surface area contributed by atoms with Gasteiger partial charge in [0.1, 0.15) is 5.75 Å². The molecule has 0 saturated carbocycles. The molecule has 1 atom stereocenters. The van der Waals surface area contributed by atoms with E-state index in [1.165, 1.54) is 5.56 Å². The maximum atomic E-state index is 12.5. The number of hydrogen-bond acceptors (Lipinski definition) is 3. The van der Waals surface area contributed by atoms with Crippen LogP contribution in [-0.4, -0.2) is 28.8 Å². The molecule has 0 radical (unpaired) electrons. The normalized spacial score (nSPS) is 15.8. The van der Waals surface area contributed by atoms with Crippen molar-refractivity contribution < 1.29 is 9.53 Å². The molecule has 0 bridgehead atoms. The minimum absolute atomic E-state index is 0.151. The van der Waals surface area contributed by atoms with Crippen LogP contribution in [0.25, 0.3) is 11.3 Å². The number of nitrogens with zero attached hydrogens (tertiary/aromatic N) is 2. The molecule has 5 nitrogen and oxygen atoms in total. The molecule has 0 aliphatic carbocycles. The molecule has 0 spiro atoms. The van der Waals surface area contributed by atoms with E-state index in [2.05, 4.69) is 16.5 Å². The highest BCUT2D eigenvalue weighted by atomic mass is 16.5. The van der Waals surface area contributed by atoms with Crippen molar-refractivity contribution in [2.45, 2.75) is 6.42 Å². The Labute approximate surface area is 152 Å². The number of amides is 1. The predicted octanol–water partition coefficient (Wildman–Crippen LogP) is 3.07. The largest absolute Gasteiger partial charge is 0.493 e. The van der Waals surface area contributed by atoms with Crippen LogP contribution in [0, 0.1) is 5.92 Å². The average molecular weight is 347 g/mol. The number of carbonyl (C=O) groups excluding carboxylic acids is 1. The third-order valence-corrected chi connectivity index (χ3v) is 4.69. The molecule has 1 aromatic heterocycles. The number of ether oxygens (including phenoxy) is 1. The van der Waals surface area contributed by atoms with Gasteiger partial charge in [-0.25, -0.2) is 0 Å². The summed E-state index contributed by atoms with van der Waals surface area (Å²) < 4.78 is 7.52. The number of aryl methyl sites for hydroxylation is 1. The summed E-state index contributed by atoms with van der Waals surface area (Å²) >= 11 is 0. The van der Waals surface area contributed by atoms with Crippen molar-refractivity contribution >= 4 is 5.91 Å². The van der Waals surface area contributed by atoms with Crippen molar-refractivity contribution in [3.8, 4) is 17.0 Å². The summed E-state index contributed by atoms with van der Waals surface area (Å²) in [5.41, 5.74) is 3.59. The Morgan fingerprint density at radius 3 is 2.81 bits per heavy atom. The molecular formula is C21H21N3O2. The smallest absolute Gasteiger partial charge is 0.271 e. The third kappa shape index (κ3) is 3.33. The van der Waals surface area contributed by atoms with Gasteiger partial charge in [-0.2, -0.15) is 5.10 Å². The zero-order valence-electron chi connectivity index (χ0n) is 14.7. The van der Waals surface area contributed by atoms with E-state index in [1.54, 1.807) is 4.68 Å². The molecule has 1 amide bonds. The Morgan fingerprint density at radius 1 is 1.19 bits per heavy atom. The van der Waals surface area contributed by atoms with E-state index in [9.17, 15) is 4.79 Å². The van der Waals surface area contributed by atoms with Crippen LogP contribution >= 0.6 is 0 Å². The Balaban J connectivity index is 1.40. The standard InChI is InChI=1S/C21H21N3O2/c1-24-19(16-7-3-2-4-8-16)12-18(23-24)21(25)22-13-15-11-17-9-5-6-10-20(17)26-14-15/h2-10,12,15H,11,13-14H2,1H3,(H,22,25). The van der Waals surface area contributed by atoms with Crippen LogP contribution in [0.5, 0.6) is 5.75 Å². The van der Waals surface area contributed by atoms with Crippen LogP contribution in [0.1, 0.15) is 16.1 Å². The van der Waals surface area contributed by atoms with E-state index in [1.807, 2.05) is 61.6 Å². The van der Waals surface area contributed by atoms with Gasteiger partial charge in [0.2, 0.25) is 0 Å². The van der Waals surface area contributed by atoms with Crippen molar-refractivity contribution in [1.82, 2.24) is 15.1 Å². The maximum Gasteiger partial charge on any atom is 0.271 e. The average Bonchev–Trinajstić information content (AvgIpc) is 3.08. The predicted molar refractivity (Wildman–Crippen MR) is 100 cm³/mol. The maximum absolute atomic E-state index is 12.5. The second-order valence-corrected chi connectivity index (χ2v) is 6.60. The number of rotatable bonds is 4. The van der Waals surface area contributed by atoms with Gasteiger partial charge in [-0.15, -0.1) is 0 Å². The lowest BCUT2D eigenvalue weighted by Gasteiger charge is -2.25. The fraction of sp³-hybridized carbons (Fsp3) is 0.238. The number of carbonyl (C=O) groups is 1. The number of para-hydroxylation sites is 1. The van der Waals surface area contributed by atoms with Gasteiger partial charge in [-0.3, -0.25) is 9.48 Å². The number of fused-ring (bicyclic) bond motifs is 1. The van der Waals surface area contributed by atoms with Crippen LogP contribution in [0.4, 0.5) is 0 Å². The molecule has 3 aromatic rings. The van der Waals surface area contributed by atoms with Gasteiger partial charge < -0.3 is 10.1 Å². The highest BCUT2D eigenvalue weighted by Crippen LogP contribution is 2.26. The molecule has 1 aliphatic rings. The first kappa shape index (κ1) is 16.4. The SMILES string of the molecule is Cn1nc(C(=O)NCC2COc3ccccc3C2)cc1-c1ccccc1. The number of aromatic nitrogens is 2. The van der Waals surface area contributed by atoms with E-state index >= 15 is 0 Å². The highest BCUT2D eigenvalue weighted by Gasteiger charge is 2.21. The molecule has 26 heavy (non-hydrogen) atoms. The fourth-order valence-electron chi connectivity index (χ4n) is 3.31. The zero-order chi connectivity index (χ0) is 17.9. The van der Waals surface area contributed by atoms with Crippen molar-refractivity contribution in [3.05, 3.63) is 71.9 Å². The van der Waals surface area contributed by atoms with Gasteiger partial charge in [-0.05, 0) is 29.7 Å². The molecule has 1 unspecified atom stereocenters.